The number of benzene rings is 2. The lowest BCUT2D eigenvalue weighted by molar-refractivity contribution is -0.0507. The number of hydrogen-bond acceptors (Lipinski definition) is 3. The molecule has 0 fully saturated rings. The van der Waals surface area contributed by atoms with Crippen molar-refractivity contribution in [3.8, 4) is 5.75 Å². The van der Waals surface area contributed by atoms with Gasteiger partial charge >= 0.3 is 6.61 Å². The molecule has 0 unspecified atom stereocenters. The summed E-state index contributed by atoms with van der Waals surface area (Å²) in [6.45, 7) is 1.95. The van der Waals surface area contributed by atoms with Crippen LogP contribution in [0.1, 0.15) is 27.8 Å². The normalized spacial score (nSPS) is 11.0. The molecular weight excluding hydrogens is 300 g/mol. The molecule has 23 heavy (non-hydrogen) atoms. The van der Waals surface area contributed by atoms with Crippen molar-refractivity contribution in [1.82, 2.24) is 5.32 Å². The summed E-state index contributed by atoms with van der Waals surface area (Å²) in [5.74, 6) is 0.245. The summed E-state index contributed by atoms with van der Waals surface area (Å²) in [5.41, 5.74) is 4.33. The molecule has 2 N–H and O–H groups in total. The minimum absolute atomic E-state index is 0.00966. The Balaban J connectivity index is 2.01. The van der Waals surface area contributed by atoms with Gasteiger partial charge in [0.05, 0.1) is 6.61 Å². The van der Waals surface area contributed by atoms with Crippen LogP contribution >= 0.6 is 0 Å². The number of hydrogen-bond donors (Lipinski definition) is 2. The second kappa shape index (κ2) is 8.04. The number of nitrogens with one attached hydrogen (secondary N) is 1. The van der Waals surface area contributed by atoms with E-state index in [0.717, 1.165) is 16.7 Å². The standard InChI is InChI=1S/C18H21F2NO2/c1-12-7-14(8-13(2)17(12)23-18(19)20)9-21-10-15-5-3-4-6-16(15)11-22/h3-8,18,21-22H,9-11H2,1-2H3. The molecule has 5 heteroatoms. The highest BCUT2D eigenvalue weighted by atomic mass is 19.3. The third kappa shape index (κ3) is 4.74. The maximum Gasteiger partial charge on any atom is 0.387 e. The van der Waals surface area contributed by atoms with Crippen LogP contribution in [0.25, 0.3) is 0 Å². The van der Waals surface area contributed by atoms with E-state index in [2.05, 4.69) is 10.1 Å². The van der Waals surface area contributed by atoms with E-state index in [4.69, 9.17) is 0 Å². The minimum Gasteiger partial charge on any atom is -0.434 e. The Kier molecular flexibility index (Phi) is 6.07. The van der Waals surface area contributed by atoms with Gasteiger partial charge in [0.15, 0.2) is 0 Å². The van der Waals surface area contributed by atoms with Crippen molar-refractivity contribution in [2.45, 2.75) is 40.2 Å². The summed E-state index contributed by atoms with van der Waals surface area (Å²) >= 11 is 0. The summed E-state index contributed by atoms with van der Waals surface area (Å²) in [4.78, 5) is 0. The molecule has 0 aliphatic heterocycles. The smallest absolute Gasteiger partial charge is 0.387 e. The topological polar surface area (TPSA) is 41.5 Å². The molecule has 2 aromatic carbocycles. The molecule has 0 heterocycles. The highest BCUT2D eigenvalue weighted by Gasteiger charge is 2.11. The molecular formula is C18H21F2NO2. The van der Waals surface area contributed by atoms with Gasteiger partial charge in [0.2, 0.25) is 0 Å². The predicted molar refractivity (Wildman–Crippen MR) is 85.5 cm³/mol. The number of aliphatic hydroxyl groups is 1. The molecule has 0 spiro atoms. The quantitative estimate of drug-likeness (QED) is 0.817. The lowest BCUT2D eigenvalue weighted by Crippen LogP contribution is -2.14. The first-order valence-electron chi connectivity index (χ1n) is 7.44. The monoisotopic (exact) mass is 321 g/mol. The second-order valence-electron chi connectivity index (χ2n) is 5.47. The number of ether oxygens (including phenoxy) is 1. The Morgan fingerprint density at radius 2 is 1.65 bits per heavy atom. The first-order valence-corrected chi connectivity index (χ1v) is 7.44. The van der Waals surface area contributed by atoms with Crippen LogP contribution in [0, 0.1) is 13.8 Å². The number of aryl methyl sites for hydroxylation is 2. The summed E-state index contributed by atoms with van der Waals surface area (Å²) in [6, 6.07) is 11.4. The zero-order chi connectivity index (χ0) is 16.8. The van der Waals surface area contributed by atoms with Gasteiger partial charge in [0.1, 0.15) is 5.75 Å². The van der Waals surface area contributed by atoms with Gasteiger partial charge in [-0.25, -0.2) is 0 Å². The van der Waals surface area contributed by atoms with Crippen molar-refractivity contribution in [3.05, 3.63) is 64.2 Å². The van der Waals surface area contributed by atoms with Gasteiger partial charge in [-0.05, 0) is 41.7 Å². The maximum atomic E-state index is 12.4. The lowest BCUT2D eigenvalue weighted by Gasteiger charge is -2.14. The highest BCUT2D eigenvalue weighted by molar-refractivity contribution is 5.43. The molecule has 0 radical (unpaired) electrons. The van der Waals surface area contributed by atoms with Crippen LogP contribution in [-0.2, 0) is 19.7 Å². The first-order chi connectivity index (χ1) is 11.0. The van der Waals surface area contributed by atoms with Crippen molar-refractivity contribution in [3.63, 3.8) is 0 Å². The molecule has 0 saturated heterocycles. The number of rotatable bonds is 7. The fourth-order valence-corrected chi connectivity index (χ4v) is 2.64. The molecule has 0 amide bonds. The van der Waals surface area contributed by atoms with Gasteiger partial charge in [-0.1, -0.05) is 36.4 Å². The van der Waals surface area contributed by atoms with E-state index in [9.17, 15) is 13.9 Å². The molecule has 124 valence electrons. The van der Waals surface area contributed by atoms with E-state index >= 15 is 0 Å². The predicted octanol–water partition coefficient (Wildman–Crippen LogP) is 3.69. The molecule has 0 aliphatic carbocycles. The van der Waals surface area contributed by atoms with Crippen LogP contribution in [0.2, 0.25) is 0 Å². The number of alkyl halides is 2. The van der Waals surface area contributed by atoms with E-state index in [1.54, 1.807) is 13.8 Å². The lowest BCUT2D eigenvalue weighted by atomic mass is 10.0. The van der Waals surface area contributed by atoms with E-state index < -0.39 is 6.61 Å². The Bertz CT molecular complexity index is 636. The fourth-order valence-electron chi connectivity index (χ4n) is 2.64. The summed E-state index contributed by atoms with van der Waals surface area (Å²) in [5, 5.41) is 12.6. The van der Waals surface area contributed by atoms with Crippen molar-refractivity contribution < 1.29 is 18.6 Å². The van der Waals surface area contributed by atoms with Crippen molar-refractivity contribution in [1.29, 1.82) is 0 Å². The van der Waals surface area contributed by atoms with Gasteiger partial charge in [0.25, 0.3) is 0 Å². The second-order valence-corrected chi connectivity index (χ2v) is 5.47. The summed E-state index contributed by atoms with van der Waals surface area (Å²) in [7, 11) is 0. The third-order valence-corrected chi connectivity index (χ3v) is 3.66. The van der Waals surface area contributed by atoms with Gasteiger partial charge in [-0.15, -0.1) is 0 Å². The van der Waals surface area contributed by atoms with E-state index in [1.165, 1.54) is 0 Å². The Morgan fingerprint density at radius 1 is 1.04 bits per heavy atom. The zero-order valence-electron chi connectivity index (χ0n) is 13.3. The number of aliphatic hydroxyl groups excluding tert-OH is 1. The average Bonchev–Trinajstić information content (AvgIpc) is 2.51. The van der Waals surface area contributed by atoms with Crippen molar-refractivity contribution in [2.24, 2.45) is 0 Å². The van der Waals surface area contributed by atoms with Crippen LogP contribution < -0.4 is 10.1 Å². The Labute approximate surface area is 134 Å². The van der Waals surface area contributed by atoms with E-state index in [1.807, 2.05) is 36.4 Å². The van der Waals surface area contributed by atoms with E-state index in [-0.39, 0.29) is 12.4 Å². The van der Waals surface area contributed by atoms with Gasteiger partial charge < -0.3 is 15.2 Å². The van der Waals surface area contributed by atoms with Crippen LogP contribution in [-0.4, -0.2) is 11.7 Å². The van der Waals surface area contributed by atoms with Crippen molar-refractivity contribution >= 4 is 0 Å². The molecule has 3 nitrogen and oxygen atoms in total. The van der Waals surface area contributed by atoms with Gasteiger partial charge in [0, 0.05) is 13.1 Å². The molecule has 0 aliphatic rings. The van der Waals surface area contributed by atoms with Crippen LogP contribution in [0.5, 0.6) is 5.75 Å². The van der Waals surface area contributed by atoms with Crippen LogP contribution in [0.3, 0.4) is 0 Å². The Morgan fingerprint density at radius 3 is 2.22 bits per heavy atom. The molecule has 0 saturated carbocycles. The highest BCUT2D eigenvalue weighted by Crippen LogP contribution is 2.26. The molecule has 0 bridgehead atoms. The summed E-state index contributed by atoms with van der Waals surface area (Å²) in [6.07, 6.45) is 0. The SMILES string of the molecule is Cc1cc(CNCc2ccccc2CO)cc(C)c1OC(F)F. The fraction of sp³-hybridized carbons (Fsp3) is 0.333. The van der Waals surface area contributed by atoms with E-state index in [0.29, 0.717) is 24.2 Å². The van der Waals surface area contributed by atoms with Gasteiger partial charge in [-0.2, -0.15) is 8.78 Å². The number of halogens is 2. The van der Waals surface area contributed by atoms with Gasteiger partial charge in [-0.3, -0.25) is 0 Å². The molecule has 0 aromatic heterocycles. The zero-order valence-corrected chi connectivity index (χ0v) is 13.3. The molecule has 2 aromatic rings. The molecule has 2 rings (SSSR count). The average molecular weight is 321 g/mol. The maximum absolute atomic E-state index is 12.4. The van der Waals surface area contributed by atoms with Crippen molar-refractivity contribution in [2.75, 3.05) is 0 Å². The van der Waals surface area contributed by atoms with Crippen LogP contribution in [0.15, 0.2) is 36.4 Å². The first kappa shape index (κ1) is 17.4. The Hall–Kier alpha value is -1.98. The summed E-state index contributed by atoms with van der Waals surface area (Å²) < 4.78 is 29.3. The minimum atomic E-state index is -2.81. The third-order valence-electron chi connectivity index (χ3n) is 3.66. The van der Waals surface area contributed by atoms with Crippen LogP contribution in [0.4, 0.5) is 8.78 Å². The molecule has 0 atom stereocenters. The largest absolute Gasteiger partial charge is 0.434 e.